The van der Waals surface area contributed by atoms with E-state index in [0.29, 0.717) is 5.75 Å². The van der Waals surface area contributed by atoms with E-state index in [4.69, 9.17) is 4.74 Å². The average Bonchev–Trinajstić information content (AvgIpc) is 3.13. The van der Waals surface area contributed by atoms with E-state index in [-0.39, 0.29) is 12.5 Å². The summed E-state index contributed by atoms with van der Waals surface area (Å²) >= 11 is 1.56. The first kappa shape index (κ1) is 18.1. The number of para-hydroxylation sites is 1. The molecule has 0 fully saturated rings. The van der Waals surface area contributed by atoms with Crippen LogP contribution in [0.3, 0.4) is 0 Å². The van der Waals surface area contributed by atoms with Gasteiger partial charge >= 0.3 is 0 Å². The number of ether oxygens (including phenoxy) is 1. The molecule has 2 aromatic heterocycles. The van der Waals surface area contributed by atoms with Crippen LogP contribution in [0, 0.1) is 13.8 Å². The number of aryl methyl sites for hydroxylation is 2. The summed E-state index contributed by atoms with van der Waals surface area (Å²) in [6.07, 6.45) is 1.77. The number of aromatic nitrogens is 2. The van der Waals surface area contributed by atoms with Crippen LogP contribution in [0.15, 0.2) is 60.8 Å². The molecule has 0 radical (unpaired) electrons. The van der Waals surface area contributed by atoms with Gasteiger partial charge in [-0.15, -0.1) is 0 Å². The van der Waals surface area contributed by atoms with Crippen molar-refractivity contribution in [1.82, 2.24) is 9.97 Å². The molecule has 0 aliphatic carbocycles. The first-order valence-corrected chi connectivity index (χ1v) is 9.72. The molecule has 1 N–H and O–H groups in total. The van der Waals surface area contributed by atoms with E-state index in [0.717, 1.165) is 37.7 Å². The fourth-order valence-corrected chi connectivity index (χ4v) is 3.78. The summed E-state index contributed by atoms with van der Waals surface area (Å²) in [5, 5.41) is 3.83. The SMILES string of the molecule is Cc1cc(-c2nc3cccnc3s2)ccc1NC(=O)COc1ccccc1C. The summed E-state index contributed by atoms with van der Waals surface area (Å²) < 4.78 is 5.61. The third-order valence-electron chi connectivity index (χ3n) is 4.37. The van der Waals surface area contributed by atoms with Crippen molar-refractivity contribution in [1.29, 1.82) is 0 Å². The molecule has 0 aliphatic rings. The Balaban J connectivity index is 1.45. The molecular weight excluding hydrogens is 370 g/mol. The standard InChI is InChI=1S/C22H19N3O2S/c1-14-6-3-4-8-19(14)27-13-20(26)24-17-10-9-16(12-15(17)2)21-25-18-7-5-11-23-22(18)28-21/h3-12H,13H2,1-2H3,(H,24,26). The van der Waals surface area contributed by atoms with E-state index in [2.05, 4.69) is 15.3 Å². The first-order chi connectivity index (χ1) is 13.6. The third kappa shape index (κ3) is 3.87. The summed E-state index contributed by atoms with van der Waals surface area (Å²) in [4.78, 5) is 22.2. The number of nitrogens with one attached hydrogen (secondary N) is 1. The third-order valence-corrected chi connectivity index (χ3v) is 5.39. The molecule has 0 unspecified atom stereocenters. The molecular formula is C22H19N3O2S. The molecule has 2 heterocycles. The van der Waals surface area contributed by atoms with E-state index >= 15 is 0 Å². The van der Waals surface area contributed by atoms with Crippen molar-refractivity contribution in [2.45, 2.75) is 13.8 Å². The van der Waals surface area contributed by atoms with Crippen LogP contribution in [-0.4, -0.2) is 22.5 Å². The molecule has 0 spiro atoms. The van der Waals surface area contributed by atoms with Gasteiger partial charge in [0.05, 0.1) is 0 Å². The molecule has 0 saturated carbocycles. The largest absolute Gasteiger partial charge is 0.483 e. The quantitative estimate of drug-likeness (QED) is 0.522. The highest BCUT2D eigenvalue weighted by molar-refractivity contribution is 7.21. The molecule has 6 heteroatoms. The molecule has 0 saturated heterocycles. The van der Waals surface area contributed by atoms with Gasteiger partial charge in [-0.2, -0.15) is 0 Å². The van der Waals surface area contributed by atoms with Crippen molar-refractivity contribution < 1.29 is 9.53 Å². The topological polar surface area (TPSA) is 64.1 Å². The van der Waals surface area contributed by atoms with E-state index in [1.165, 1.54) is 0 Å². The monoisotopic (exact) mass is 389 g/mol. The molecule has 0 bridgehead atoms. The van der Waals surface area contributed by atoms with Crippen LogP contribution in [0.25, 0.3) is 20.9 Å². The van der Waals surface area contributed by atoms with Gasteiger partial charge in [-0.3, -0.25) is 4.79 Å². The Kier molecular flexibility index (Phi) is 5.04. The number of carbonyl (C=O) groups excluding carboxylic acids is 1. The van der Waals surface area contributed by atoms with E-state index in [1.807, 2.05) is 68.4 Å². The van der Waals surface area contributed by atoms with Crippen LogP contribution < -0.4 is 10.1 Å². The number of hydrogen-bond donors (Lipinski definition) is 1. The van der Waals surface area contributed by atoms with Crippen LogP contribution in [0.1, 0.15) is 11.1 Å². The number of thiazole rings is 1. The summed E-state index contributed by atoms with van der Waals surface area (Å²) in [6.45, 7) is 3.89. The van der Waals surface area contributed by atoms with Crippen LogP contribution >= 0.6 is 11.3 Å². The number of nitrogens with zero attached hydrogens (tertiary/aromatic N) is 2. The lowest BCUT2D eigenvalue weighted by Crippen LogP contribution is -2.20. The Labute approximate surface area is 167 Å². The highest BCUT2D eigenvalue weighted by Gasteiger charge is 2.11. The lowest BCUT2D eigenvalue weighted by Gasteiger charge is -2.11. The van der Waals surface area contributed by atoms with Gasteiger partial charge in [0.25, 0.3) is 5.91 Å². The first-order valence-electron chi connectivity index (χ1n) is 8.91. The van der Waals surface area contributed by atoms with E-state index in [9.17, 15) is 4.79 Å². The minimum atomic E-state index is -0.191. The predicted octanol–water partition coefficient (Wildman–Crippen LogP) is 4.99. The Morgan fingerprint density at radius 1 is 1.07 bits per heavy atom. The van der Waals surface area contributed by atoms with Gasteiger partial charge in [-0.1, -0.05) is 29.5 Å². The number of rotatable bonds is 5. The van der Waals surface area contributed by atoms with Crippen molar-refractivity contribution in [3.8, 4) is 16.3 Å². The maximum absolute atomic E-state index is 12.3. The number of anilines is 1. The van der Waals surface area contributed by atoms with Gasteiger partial charge in [0.15, 0.2) is 6.61 Å². The van der Waals surface area contributed by atoms with Gasteiger partial charge in [-0.25, -0.2) is 9.97 Å². The average molecular weight is 389 g/mol. The maximum Gasteiger partial charge on any atom is 0.262 e. The zero-order chi connectivity index (χ0) is 19.5. The minimum absolute atomic E-state index is 0.0322. The number of hydrogen-bond acceptors (Lipinski definition) is 5. The molecule has 2 aromatic carbocycles. The molecule has 140 valence electrons. The Morgan fingerprint density at radius 2 is 1.93 bits per heavy atom. The van der Waals surface area contributed by atoms with Crippen LogP contribution in [0.2, 0.25) is 0 Å². The number of pyridine rings is 1. The highest BCUT2D eigenvalue weighted by Crippen LogP contribution is 2.31. The van der Waals surface area contributed by atoms with Gasteiger partial charge in [0, 0.05) is 17.4 Å². The number of fused-ring (bicyclic) bond motifs is 1. The Hall–Kier alpha value is -3.25. The van der Waals surface area contributed by atoms with E-state index < -0.39 is 0 Å². The molecule has 1 amide bonds. The highest BCUT2D eigenvalue weighted by atomic mass is 32.1. The smallest absolute Gasteiger partial charge is 0.262 e. The zero-order valence-electron chi connectivity index (χ0n) is 15.6. The summed E-state index contributed by atoms with van der Waals surface area (Å²) in [6, 6.07) is 17.4. The van der Waals surface area contributed by atoms with Crippen molar-refractivity contribution in [3.05, 3.63) is 71.9 Å². The minimum Gasteiger partial charge on any atom is -0.483 e. The van der Waals surface area contributed by atoms with Crippen LogP contribution in [0.4, 0.5) is 5.69 Å². The second-order valence-corrected chi connectivity index (χ2v) is 7.46. The molecule has 4 rings (SSSR count). The van der Waals surface area contributed by atoms with Gasteiger partial charge in [-0.05, 0) is 61.4 Å². The fraction of sp³-hybridized carbons (Fsp3) is 0.136. The van der Waals surface area contributed by atoms with E-state index in [1.54, 1.807) is 17.5 Å². The summed E-state index contributed by atoms with van der Waals surface area (Å²) in [7, 11) is 0. The number of benzene rings is 2. The van der Waals surface area contributed by atoms with Crippen molar-refractivity contribution in [2.24, 2.45) is 0 Å². The van der Waals surface area contributed by atoms with Crippen molar-refractivity contribution >= 4 is 33.3 Å². The van der Waals surface area contributed by atoms with Crippen LogP contribution in [-0.2, 0) is 4.79 Å². The second-order valence-electron chi connectivity index (χ2n) is 6.48. The van der Waals surface area contributed by atoms with Crippen LogP contribution in [0.5, 0.6) is 5.75 Å². The summed E-state index contributed by atoms with van der Waals surface area (Å²) in [5.74, 6) is 0.525. The molecule has 28 heavy (non-hydrogen) atoms. The van der Waals surface area contributed by atoms with Gasteiger partial charge in [0.2, 0.25) is 0 Å². The predicted molar refractivity (Wildman–Crippen MR) is 113 cm³/mol. The molecule has 4 aromatic rings. The van der Waals surface area contributed by atoms with Gasteiger partial charge in [0.1, 0.15) is 21.1 Å². The lowest BCUT2D eigenvalue weighted by molar-refractivity contribution is -0.118. The second kappa shape index (κ2) is 7.78. The summed E-state index contributed by atoms with van der Waals surface area (Å²) in [5.41, 5.74) is 4.64. The molecule has 5 nitrogen and oxygen atoms in total. The normalized spacial score (nSPS) is 10.8. The fourth-order valence-electron chi connectivity index (χ4n) is 2.88. The maximum atomic E-state index is 12.3. The molecule has 0 aliphatic heterocycles. The van der Waals surface area contributed by atoms with Gasteiger partial charge < -0.3 is 10.1 Å². The molecule has 0 atom stereocenters. The number of carbonyl (C=O) groups is 1. The number of amides is 1. The van der Waals surface area contributed by atoms with Crippen molar-refractivity contribution in [3.63, 3.8) is 0 Å². The van der Waals surface area contributed by atoms with Crippen molar-refractivity contribution in [2.75, 3.05) is 11.9 Å². The zero-order valence-corrected chi connectivity index (χ0v) is 16.4. The lowest BCUT2D eigenvalue weighted by atomic mass is 10.1. The Bertz CT molecular complexity index is 1120. The Morgan fingerprint density at radius 3 is 2.71 bits per heavy atom.